The number of nitrogens with one attached hydrogen (secondary N) is 1. The maximum atomic E-state index is 12.6. The summed E-state index contributed by atoms with van der Waals surface area (Å²) < 4.78 is 5.00. The van der Waals surface area contributed by atoms with Crippen LogP contribution in [0.3, 0.4) is 0 Å². The molecule has 1 heterocycles. The number of methoxy groups -OCH3 is 1. The summed E-state index contributed by atoms with van der Waals surface area (Å²) in [5, 5.41) is 2.99. The second-order valence-electron chi connectivity index (χ2n) is 7.85. The minimum absolute atomic E-state index is 0.0497. The minimum atomic E-state index is -0.482. The molecule has 1 aromatic carbocycles. The van der Waals surface area contributed by atoms with E-state index in [9.17, 15) is 9.59 Å². The lowest BCUT2D eigenvalue weighted by atomic mass is 9.85. The molecule has 1 atom stereocenters. The molecule has 3 rings (SSSR count). The van der Waals surface area contributed by atoms with Crippen molar-refractivity contribution in [2.24, 2.45) is 0 Å². The van der Waals surface area contributed by atoms with E-state index in [2.05, 4.69) is 38.2 Å². The number of amides is 2. The Morgan fingerprint density at radius 2 is 1.80 bits per heavy atom. The second kappa shape index (κ2) is 6.21. The molecule has 1 aliphatic heterocycles. The highest BCUT2D eigenvalue weighted by Gasteiger charge is 2.42. The first-order chi connectivity index (χ1) is 11.7. The van der Waals surface area contributed by atoms with Gasteiger partial charge in [0, 0.05) is 11.7 Å². The number of carbonyl (C=O) groups is 2. The molecule has 0 saturated heterocycles. The van der Waals surface area contributed by atoms with Crippen molar-refractivity contribution in [2.75, 3.05) is 7.11 Å². The molecule has 0 unspecified atom stereocenters. The zero-order chi connectivity index (χ0) is 18.4. The lowest BCUT2D eigenvalue weighted by Crippen LogP contribution is -2.48. The molecule has 5 nitrogen and oxygen atoms in total. The van der Waals surface area contributed by atoms with Crippen molar-refractivity contribution in [3.63, 3.8) is 0 Å². The molecule has 0 radical (unpaired) electrons. The van der Waals surface area contributed by atoms with Gasteiger partial charge in [0.1, 0.15) is 0 Å². The van der Waals surface area contributed by atoms with Crippen LogP contribution in [-0.2, 0) is 14.9 Å². The van der Waals surface area contributed by atoms with Gasteiger partial charge in [-0.2, -0.15) is 0 Å². The Hall–Kier alpha value is -2.30. The van der Waals surface area contributed by atoms with Crippen molar-refractivity contribution in [2.45, 2.75) is 58.0 Å². The smallest absolute Gasteiger partial charge is 0.337 e. The van der Waals surface area contributed by atoms with Crippen molar-refractivity contribution in [3.05, 3.63) is 46.7 Å². The van der Waals surface area contributed by atoms with E-state index in [1.165, 1.54) is 12.7 Å². The molecule has 1 fully saturated rings. The van der Waals surface area contributed by atoms with Crippen LogP contribution in [0, 0.1) is 0 Å². The summed E-state index contributed by atoms with van der Waals surface area (Å²) in [5.74, 6) is -0.395. The largest absolute Gasteiger partial charge is 0.466 e. The van der Waals surface area contributed by atoms with Crippen LogP contribution in [0.5, 0.6) is 0 Å². The normalized spacial score (nSPS) is 21.2. The zero-order valence-electron chi connectivity index (χ0n) is 15.6. The fraction of sp³-hybridized carbons (Fsp3) is 0.500. The van der Waals surface area contributed by atoms with Gasteiger partial charge in [0.25, 0.3) is 0 Å². The molecule has 0 aromatic heterocycles. The van der Waals surface area contributed by atoms with Crippen molar-refractivity contribution >= 4 is 12.0 Å². The average molecular weight is 342 g/mol. The molecule has 134 valence electrons. The summed E-state index contributed by atoms with van der Waals surface area (Å²) in [4.78, 5) is 26.7. The summed E-state index contributed by atoms with van der Waals surface area (Å²) in [6, 6.07) is 7.64. The van der Waals surface area contributed by atoms with Crippen LogP contribution in [0.1, 0.15) is 57.7 Å². The third kappa shape index (κ3) is 3.28. The third-order valence-electron chi connectivity index (χ3n) is 4.95. The predicted octanol–water partition coefficient (Wildman–Crippen LogP) is 3.66. The van der Waals surface area contributed by atoms with Gasteiger partial charge < -0.3 is 10.1 Å². The first-order valence-corrected chi connectivity index (χ1v) is 8.73. The molecular formula is C20H26N2O3. The van der Waals surface area contributed by atoms with Crippen LogP contribution < -0.4 is 5.32 Å². The maximum absolute atomic E-state index is 12.6. The van der Waals surface area contributed by atoms with Gasteiger partial charge in [-0.25, -0.2) is 9.59 Å². The van der Waals surface area contributed by atoms with Crippen molar-refractivity contribution in [1.29, 1.82) is 0 Å². The number of carbonyl (C=O) groups excluding carboxylic acids is 2. The summed E-state index contributed by atoms with van der Waals surface area (Å²) in [6.07, 6.45) is 1.95. The molecule has 1 aromatic rings. The number of urea groups is 1. The SMILES string of the molecule is COC(=O)C1=C(C)N(C2CC2)C(=O)N[C@H]1c1ccc(C(C)(C)C)cc1. The van der Waals surface area contributed by atoms with Crippen LogP contribution in [0.4, 0.5) is 4.79 Å². The van der Waals surface area contributed by atoms with Gasteiger partial charge in [0.2, 0.25) is 0 Å². The van der Waals surface area contributed by atoms with E-state index in [0.717, 1.165) is 18.4 Å². The minimum Gasteiger partial charge on any atom is -0.466 e. The van der Waals surface area contributed by atoms with Gasteiger partial charge in [0.15, 0.2) is 0 Å². The summed E-state index contributed by atoms with van der Waals surface area (Å²) in [6.45, 7) is 8.30. The highest BCUT2D eigenvalue weighted by molar-refractivity contribution is 5.95. The van der Waals surface area contributed by atoms with E-state index in [0.29, 0.717) is 11.3 Å². The van der Waals surface area contributed by atoms with Crippen LogP contribution in [0.25, 0.3) is 0 Å². The first-order valence-electron chi connectivity index (χ1n) is 8.73. The summed E-state index contributed by atoms with van der Waals surface area (Å²) in [7, 11) is 1.38. The highest BCUT2D eigenvalue weighted by atomic mass is 16.5. The van der Waals surface area contributed by atoms with Crippen LogP contribution in [0.15, 0.2) is 35.5 Å². The van der Waals surface area contributed by atoms with E-state index >= 15 is 0 Å². The fourth-order valence-electron chi connectivity index (χ4n) is 3.33. The Morgan fingerprint density at radius 1 is 1.20 bits per heavy atom. The van der Waals surface area contributed by atoms with Gasteiger partial charge in [-0.3, -0.25) is 4.90 Å². The lowest BCUT2D eigenvalue weighted by molar-refractivity contribution is -0.136. The molecule has 5 heteroatoms. The Labute approximate surface area is 149 Å². The number of rotatable bonds is 3. The lowest BCUT2D eigenvalue weighted by Gasteiger charge is -2.35. The molecule has 1 aliphatic carbocycles. The van der Waals surface area contributed by atoms with E-state index < -0.39 is 12.0 Å². The summed E-state index contributed by atoms with van der Waals surface area (Å²) >= 11 is 0. The number of allylic oxidation sites excluding steroid dienone is 1. The Morgan fingerprint density at radius 3 is 2.28 bits per heavy atom. The molecule has 25 heavy (non-hydrogen) atoms. The standard InChI is InChI=1S/C20H26N2O3/c1-12-16(18(23)25-5)17(21-19(24)22(12)15-10-11-15)13-6-8-14(9-7-13)20(2,3)4/h6-9,15,17H,10-11H2,1-5H3,(H,21,24)/t17-/m0/s1. The molecule has 0 bridgehead atoms. The Kier molecular flexibility index (Phi) is 4.35. The van der Waals surface area contributed by atoms with Crippen molar-refractivity contribution < 1.29 is 14.3 Å². The van der Waals surface area contributed by atoms with Crippen molar-refractivity contribution in [3.8, 4) is 0 Å². The predicted molar refractivity (Wildman–Crippen MR) is 96.0 cm³/mol. The molecule has 1 saturated carbocycles. The van der Waals surface area contributed by atoms with E-state index in [1.807, 2.05) is 19.1 Å². The third-order valence-corrected chi connectivity index (χ3v) is 4.95. The maximum Gasteiger partial charge on any atom is 0.337 e. The zero-order valence-corrected chi connectivity index (χ0v) is 15.6. The quantitative estimate of drug-likeness (QED) is 0.853. The fourth-order valence-corrected chi connectivity index (χ4v) is 3.33. The Balaban J connectivity index is 2.01. The van der Waals surface area contributed by atoms with E-state index in [1.54, 1.807) is 4.90 Å². The average Bonchev–Trinajstić information content (AvgIpc) is 3.38. The number of esters is 1. The van der Waals surface area contributed by atoms with Gasteiger partial charge in [-0.15, -0.1) is 0 Å². The van der Waals surface area contributed by atoms with Gasteiger partial charge >= 0.3 is 12.0 Å². The van der Waals surface area contributed by atoms with Gasteiger partial charge in [-0.1, -0.05) is 45.0 Å². The number of nitrogens with zero attached hydrogens (tertiary/aromatic N) is 1. The number of hydrogen-bond donors (Lipinski definition) is 1. The first kappa shape index (κ1) is 17.5. The Bertz CT molecular complexity index is 724. The number of hydrogen-bond acceptors (Lipinski definition) is 3. The van der Waals surface area contributed by atoms with Gasteiger partial charge in [-0.05, 0) is 36.3 Å². The van der Waals surface area contributed by atoms with Crippen LogP contribution in [0.2, 0.25) is 0 Å². The highest BCUT2D eigenvalue weighted by Crippen LogP contribution is 2.38. The number of ether oxygens (including phenoxy) is 1. The number of benzene rings is 1. The van der Waals surface area contributed by atoms with Crippen LogP contribution in [-0.4, -0.2) is 30.1 Å². The second-order valence-corrected chi connectivity index (χ2v) is 7.85. The molecule has 2 amide bonds. The molecular weight excluding hydrogens is 316 g/mol. The molecule has 2 aliphatic rings. The summed E-state index contributed by atoms with van der Waals surface area (Å²) in [5.41, 5.74) is 3.35. The molecule has 0 spiro atoms. The monoisotopic (exact) mass is 342 g/mol. The molecule has 1 N–H and O–H groups in total. The van der Waals surface area contributed by atoms with Gasteiger partial charge in [0.05, 0.1) is 18.7 Å². The van der Waals surface area contributed by atoms with E-state index in [-0.39, 0.29) is 17.5 Å². The van der Waals surface area contributed by atoms with Crippen LogP contribution >= 0.6 is 0 Å². The van der Waals surface area contributed by atoms with Crippen molar-refractivity contribution in [1.82, 2.24) is 10.2 Å². The van der Waals surface area contributed by atoms with E-state index in [4.69, 9.17) is 4.74 Å². The topological polar surface area (TPSA) is 58.6 Å².